The monoisotopic (exact) mass is 680 g/mol. The Hall–Kier alpha value is -6.65. The summed E-state index contributed by atoms with van der Waals surface area (Å²) in [4.78, 5) is 14.3. The number of benzene rings is 5. The molecule has 4 heterocycles. The van der Waals surface area contributed by atoms with E-state index in [-0.39, 0.29) is 5.41 Å². The largest absolute Gasteiger partial charge is 0.308 e. The molecule has 5 aromatic carbocycles. The van der Waals surface area contributed by atoms with Crippen molar-refractivity contribution in [2.24, 2.45) is 0 Å². The van der Waals surface area contributed by atoms with Crippen LogP contribution in [0.15, 0.2) is 164 Å². The third-order valence-corrected chi connectivity index (χ3v) is 11.0. The number of hydrogen-bond acceptors (Lipinski definition) is 3. The van der Waals surface area contributed by atoms with E-state index in [1.807, 2.05) is 36.8 Å². The molecule has 0 atom stereocenters. The Labute approximate surface area is 309 Å². The van der Waals surface area contributed by atoms with Gasteiger partial charge in [0, 0.05) is 46.2 Å². The van der Waals surface area contributed by atoms with Crippen molar-refractivity contribution in [3.8, 4) is 61.6 Å². The number of aryl methyl sites for hydroxylation is 1. The van der Waals surface area contributed by atoms with E-state index in [1.54, 1.807) is 0 Å². The number of rotatable bonds is 5. The van der Waals surface area contributed by atoms with Gasteiger partial charge in [-0.05, 0) is 112 Å². The van der Waals surface area contributed by atoms with Crippen molar-refractivity contribution in [1.82, 2.24) is 19.5 Å². The van der Waals surface area contributed by atoms with Crippen LogP contribution in [-0.2, 0) is 5.41 Å². The minimum atomic E-state index is -0.0730. The SMILES string of the molecule is Cc1ccc(-c2cc(-c3ccncc3)cc(-c3ccc(-c4ccc5c(c4)c4ncccc4n5-c4ccc5c(c4)C(C)(C)c4ccccc4-5)cc3)n2)cc1. The van der Waals surface area contributed by atoms with Crippen LogP contribution >= 0.6 is 0 Å². The highest BCUT2D eigenvalue weighted by atomic mass is 15.0. The molecule has 0 fully saturated rings. The molecular formula is C49H36N4. The second kappa shape index (κ2) is 12.0. The lowest BCUT2D eigenvalue weighted by Crippen LogP contribution is -2.15. The Morgan fingerprint density at radius 2 is 1.15 bits per heavy atom. The third-order valence-electron chi connectivity index (χ3n) is 11.0. The maximum atomic E-state index is 5.15. The average Bonchev–Trinajstić information content (AvgIpc) is 3.66. The summed E-state index contributed by atoms with van der Waals surface area (Å²) in [6.07, 6.45) is 5.57. The average molecular weight is 681 g/mol. The van der Waals surface area contributed by atoms with Gasteiger partial charge in [-0.3, -0.25) is 9.97 Å². The van der Waals surface area contributed by atoms with Gasteiger partial charge in [0.05, 0.1) is 27.9 Å². The van der Waals surface area contributed by atoms with E-state index in [9.17, 15) is 0 Å². The minimum Gasteiger partial charge on any atom is -0.308 e. The zero-order chi connectivity index (χ0) is 35.7. The normalized spacial score (nSPS) is 13.0. The maximum absolute atomic E-state index is 5.15. The Balaban J connectivity index is 1.04. The van der Waals surface area contributed by atoms with Crippen molar-refractivity contribution in [3.63, 3.8) is 0 Å². The van der Waals surface area contributed by atoms with E-state index in [2.05, 4.69) is 158 Å². The summed E-state index contributed by atoms with van der Waals surface area (Å²) in [5, 5.41) is 1.14. The molecule has 10 rings (SSSR count). The van der Waals surface area contributed by atoms with E-state index < -0.39 is 0 Å². The fourth-order valence-electron chi connectivity index (χ4n) is 8.22. The molecule has 1 aliphatic rings. The van der Waals surface area contributed by atoms with Crippen LogP contribution in [0.3, 0.4) is 0 Å². The molecule has 0 unspecified atom stereocenters. The molecule has 1 aliphatic carbocycles. The molecule has 4 heteroatoms. The fourth-order valence-corrected chi connectivity index (χ4v) is 8.22. The van der Waals surface area contributed by atoms with Crippen molar-refractivity contribution < 1.29 is 0 Å². The first-order valence-corrected chi connectivity index (χ1v) is 18.2. The number of hydrogen-bond donors (Lipinski definition) is 0. The Kier molecular flexibility index (Phi) is 7.02. The highest BCUT2D eigenvalue weighted by molar-refractivity contribution is 6.08. The highest BCUT2D eigenvalue weighted by Crippen LogP contribution is 2.49. The zero-order valence-corrected chi connectivity index (χ0v) is 29.9. The smallest absolute Gasteiger partial charge is 0.0963 e. The number of nitrogens with zero attached hydrogens (tertiary/aromatic N) is 4. The fraction of sp³-hybridized carbons (Fsp3) is 0.0816. The first kappa shape index (κ1) is 31.1. The summed E-state index contributed by atoms with van der Waals surface area (Å²) in [6.45, 7) is 6.78. The minimum absolute atomic E-state index is 0.0730. The molecule has 0 aliphatic heterocycles. The molecule has 4 aromatic heterocycles. The quantitative estimate of drug-likeness (QED) is 0.182. The van der Waals surface area contributed by atoms with Crippen LogP contribution in [0.4, 0.5) is 0 Å². The third kappa shape index (κ3) is 5.09. The van der Waals surface area contributed by atoms with E-state index in [4.69, 9.17) is 9.97 Å². The van der Waals surface area contributed by atoms with Gasteiger partial charge in [0.15, 0.2) is 0 Å². The standard InChI is InChI=1S/C49H36N4/c1-31-10-12-34(13-11-31)44-28-37(33-22-25-50-26-23-33)29-45(52-44)35-16-14-32(15-17-35)36-18-21-46-41(27-36)48-47(9-6-24-51-48)53(46)38-19-20-40-39-7-4-5-8-42(39)49(2,3)43(40)30-38/h4-30H,1-3H3. The lowest BCUT2D eigenvalue weighted by atomic mass is 9.82. The van der Waals surface area contributed by atoms with Crippen molar-refractivity contribution in [1.29, 1.82) is 0 Å². The molecule has 0 radical (unpaired) electrons. The summed E-state index contributed by atoms with van der Waals surface area (Å²) in [7, 11) is 0. The van der Waals surface area contributed by atoms with Crippen LogP contribution in [0.25, 0.3) is 83.5 Å². The number of pyridine rings is 3. The predicted molar refractivity (Wildman–Crippen MR) is 218 cm³/mol. The molecule has 0 amide bonds. The first-order valence-electron chi connectivity index (χ1n) is 18.2. The molecule has 0 bridgehead atoms. The van der Waals surface area contributed by atoms with Crippen molar-refractivity contribution in [2.45, 2.75) is 26.2 Å². The summed E-state index contributed by atoms with van der Waals surface area (Å²) < 4.78 is 2.37. The van der Waals surface area contributed by atoms with Crippen molar-refractivity contribution >= 4 is 21.9 Å². The van der Waals surface area contributed by atoms with E-state index >= 15 is 0 Å². The molecule has 9 aromatic rings. The molecular weight excluding hydrogens is 645 g/mol. The summed E-state index contributed by atoms with van der Waals surface area (Å²) in [5.41, 5.74) is 19.5. The van der Waals surface area contributed by atoms with E-state index in [1.165, 1.54) is 27.8 Å². The van der Waals surface area contributed by atoms with Gasteiger partial charge in [-0.1, -0.05) is 104 Å². The van der Waals surface area contributed by atoms with E-state index in [0.717, 1.165) is 72.4 Å². The van der Waals surface area contributed by atoms with Crippen LogP contribution in [0.1, 0.15) is 30.5 Å². The van der Waals surface area contributed by atoms with Crippen LogP contribution in [0, 0.1) is 6.92 Å². The molecule has 53 heavy (non-hydrogen) atoms. The molecule has 252 valence electrons. The predicted octanol–water partition coefficient (Wildman–Crippen LogP) is 12.3. The highest BCUT2D eigenvalue weighted by Gasteiger charge is 2.35. The van der Waals surface area contributed by atoms with Gasteiger partial charge in [-0.2, -0.15) is 0 Å². The maximum Gasteiger partial charge on any atom is 0.0963 e. The van der Waals surface area contributed by atoms with Crippen LogP contribution in [-0.4, -0.2) is 19.5 Å². The van der Waals surface area contributed by atoms with Crippen LogP contribution in [0.5, 0.6) is 0 Å². The van der Waals surface area contributed by atoms with Gasteiger partial charge in [0.1, 0.15) is 0 Å². The molecule has 0 saturated heterocycles. The number of aromatic nitrogens is 4. The molecule has 4 nitrogen and oxygen atoms in total. The second-order valence-electron chi connectivity index (χ2n) is 14.6. The molecule has 0 saturated carbocycles. The zero-order valence-electron chi connectivity index (χ0n) is 29.9. The van der Waals surface area contributed by atoms with Crippen LogP contribution in [0.2, 0.25) is 0 Å². The van der Waals surface area contributed by atoms with Gasteiger partial charge in [0.2, 0.25) is 0 Å². The lowest BCUT2D eigenvalue weighted by Gasteiger charge is -2.22. The van der Waals surface area contributed by atoms with Crippen molar-refractivity contribution in [3.05, 3.63) is 181 Å². The second-order valence-corrected chi connectivity index (χ2v) is 14.6. The Morgan fingerprint density at radius 1 is 0.491 bits per heavy atom. The molecule has 0 N–H and O–H groups in total. The Morgan fingerprint density at radius 3 is 1.92 bits per heavy atom. The topological polar surface area (TPSA) is 43.6 Å². The summed E-state index contributed by atoms with van der Waals surface area (Å²) in [6, 6.07) is 52.5. The van der Waals surface area contributed by atoms with Gasteiger partial charge < -0.3 is 4.57 Å². The van der Waals surface area contributed by atoms with Gasteiger partial charge in [0.25, 0.3) is 0 Å². The van der Waals surface area contributed by atoms with Gasteiger partial charge >= 0.3 is 0 Å². The lowest BCUT2D eigenvalue weighted by molar-refractivity contribution is 0.660. The summed E-state index contributed by atoms with van der Waals surface area (Å²) >= 11 is 0. The van der Waals surface area contributed by atoms with Crippen LogP contribution < -0.4 is 0 Å². The van der Waals surface area contributed by atoms with E-state index in [0.29, 0.717) is 0 Å². The summed E-state index contributed by atoms with van der Waals surface area (Å²) in [5.74, 6) is 0. The van der Waals surface area contributed by atoms with Crippen molar-refractivity contribution in [2.75, 3.05) is 0 Å². The number of fused-ring (bicyclic) bond motifs is 6. The van der Waals surface area contributed by atoms with Gasteiger partial charge in [-0.15, -0.1) is 0 Å². The Bertz CT molecular complexity index is 2850. The molecule has 0 spiro atoms. The van der Waals surface area contributed by atoms with Gasteiger partial charge in [-0.25, -0.2) is 4.98 Å². The first-order chi connectivity index (χ1) is 25.9.